The first kappa shape index (κ1) is 12.1. The highest BCUT2D eigenvalue weighted by Gasteiger charge is 2.31. The molecule has 1 aliphatic rings. The maximum atomic E-state index is 12.1. The maximum Gasteiger partial charge on any atom is 0.573 e. The topological polar surface area (TPSA) is 12.5 Å². The quantitative estimate of drug-likeness (QED) is 0.789. The molecule has 1 unspecified atom stereocenters. The Kier molecular flexibility index (Phi) is 3.17. The Hall–Kier alpha value is -1.39. The molecular weight excluding hydrogens is 231 g/mol. The van der Waals surface area contributed by atoms with Crippen LogP contribution in [-0.4, -0.2) is 18.9 Å². The number of hydrogen-bond acceptors (Lipinski definition) is 2. The van der Waals surface area contributed by atoms with Gasteiger partial charge >= 0.3 is 6.36 Å². The Balaban J connectivity index is 2.16. The minimum Gasteiger partial charge on any atom is -0.406 e. The molecule has 0 aromatic heterocycles. The third-order valence-corrected chi connectivity index (χ3v) is 2.94. The second-order valence-electron chi connectivity index (χ2n) is 4.23. The Morgan fingerprint density at radius 1 is 1.35 bits per heavy atom. The zero-order chi connectivity index (χ0) is 12.5. The Bertz CT molecular complexity index is 392. The fourth-order valence-corrected chi connectivity index (χ4v) is 2.18. The number of halogens is 3. The summed E-state index contributed by atoms with van der Waals surface area (Å²) in [5.41, 5.74) is 0.789. The van der Waals surface area contributed by atoms with Gasteiger partial charge < -0.3 is 9.64 Å². The van der Waals surface area contributed by atoms with E-state index in [0.29, 0.717) is 6.04 Å². The Labute approximate surface area is 98.0 Å². The summed E-state index contributed by atoms with van der Waals surface area (Å²) in [6, 6.07) is 6.52. The van der Waals surface area contributed by atoms with Gasteiger partial charge in [0.25, 0.3) is 0 Å². The predicted molar refractivity (Wildman–Crippen MR) is 59.2 cm³/mol. The summed E-state index contributed by atoms with van der Waals surface area (Å²) in [7, 11) is 0. The summed E-state index contributed by atoms with van der Waals surface area (Å²) >= 11 is 0. The second kappa shape index (κ2) is 4.47. The van der Waals surface area contributed by atoms with Crippen molar-refractivity contribution in [3.63, 3.8) is 0 Å². The number of hydrogen-bond donors (Lipinski definition) is 0. The van der Waals surface area contributed by atoms with Crippen molar-refractivity contribution in [3.05, 3.63) is 24.3 Å². The monoisotopic (exact) mass is 245 g/mol. The number of anilines is 1. The molecule has 1 aromatic carbocycles. The van der Waals surface area contributed by atoms with E-state index in [9.17, 15) is 13.2 Å². The third-order valence-electron chi connectivity index (χ3n) is 2.94. The van der Waals surface area contributed by atoms with Crippen molar-refractivity contribution in [1.82, 2.24) is 0 Å². The van der Waals surface area contributed by atoms with Gasteiger partial charge in [-0.25, -0.2) is 0 Å². The lowest BCUT2D eigenvalue weighted by Crippen LogP contribution is -2.26. The molecule has 1 aromatic rings. The summed E-state index contributed by atoms with van der Waals surface area (Å²) in [5, 5.41) is 0. The van der Waals surface area contributed by atoms with Gasteiger partial charge in [0.2, 0.25) is 0 Å². The first-order valence-corrected chi connectivity index (χ1v) is 5.58. The first-order valence-electron chi connectivity index (χ1n) is 5.58. The highest BCUT2D eigenvalue weighted by atomic mass is 19.4. The van der Waals surface area contributed by atoms with Gasteiger partial charge in [0, 0.05) is 24.3 Å². The molecule has 1 fully saturated rings. The first-order chi connectivity index (χ1) is 7.96. The molecule has 0 radical (unpaired) electrons. The van der Waals surface area contributed by atoms with Crippen molar-refractivity contribution in [2.45, 2.75) is 32.2 Å². The van der Waals surface area contributed by atoms with Crippen molar-refractivity contribution in [1.29, 1.82) is 0 Å². The fourth-order valence-electron chi connectivity index (χ4n) is 2.18. The lowest BCUT2D eigenvalue weighted by Gasteiger charge is -2.24. The largest absolute Gasteiger partial charge is 0.573 e. The molecule has 17 heavy (non-hydrogen) atoms. The van der Waals surface area contributed by atoms with Crippen LogP contribution in [0.15, 0.2) is 24.3 Å². The van der Waals surface area contributed by atoms with Crippen LogP contribution in [-0.2, 0) is 0 Å². The highest BCUT2D eigenvalue weighted by molar-refractivity contribution is 5.52. The van der Waals surface area contributed by atoms with Gasteiger partial charge in [0.1, 0.15) is 5.75 Å². The average molecular weight is 245 g/mol. The van der Waals surface area contributed by atoms with E-state index >= 15 is 0 Å². The van der Waals surface area contributed by atoms with Crippen molar-refractivity contribution in [2.24, 2.45) is 0 Å². The minimum absolute atomic E-state index is 0.158. The van der Waals surface area contributed by atoms with Crippen molar-refractivity contribution < 1.29 is 17.9 Å². The van der Waals surface area contributed by atoms with Gasteiger partial charge in [0.15, 0.2) is 0 Å². The van der Waals surface area contributed by atoms with Gasteiger partial charge in [-0.1, -0.05) is 6.07 Å². The number of nitrogens with zero attached hydrogens (tertiary/aromatic N) is 1. The fraction of sp³-hybridized carbons (Fsp3) is 0.500. The SMILES string of the molecule is CC1CCCN1c1cccc(OC(F)(F)F)c1. The number of rotatable bonds is 2. The normalized spacial score (nSPS) is 20.7. The molecule has 0 bridgehead atoms. The molecule has 2 nitrogen and oxygen atoms in total. The van der Waals surface area contributed by atoms with E-state index in [2.05, 4.69) is 16.6 Å². The van der Waals surface area contributed by atoms with Crippen LogP contribution in [0.1, 0.15) is 19.8 Å². The molecular formula is C12H14F3NO. The average Bonchev–Trinajstić information content (AvgIpc) is 2.62. The van der Waals surface area contributed by atoms with Crippen LogP contribution in [0.4, 0.5) is 18.9 Å². The molecule has 0 spiro atoms. The van der Waals surface area contributed by atoms with E-state index in [1.54, 1.807) is 6.07 Å². The van der Waals surface area contributed by atoms with Gasteiger partial charge in [-0.05, 0) is 31.9 Å². The van der Waals surface area contributed by atoms with Crippen molar-refractivity contribution in [2.75, 3.05) is 11.4 Å². The molecule has 2 rings (SSSR count). The van der Waals surface area contributed by atoms with E-state index in [-0.39, 0.29) is 5.75 Å². The van der Waals surface area contributed by atoms with Crippen LogP contribution in [0.5, 0.6) is 5.75 Å². The molecule has 0 saturated carbocycles. The third kappa shape index (κ3) is 3.05. The Morgan fingerprint density at radius 2 is 2.12 bits per heavy atom. The van der Waals surface area contributed by atoms with Crippen LogP contribution < -0.4 is 9.64 Å². The maximum absolute atomic E-state index is 12.1. The standard InChI is InChI=1S/C12H14F3NO/c1-9-4-3-7-16(9)10-5-2-6-11(8-10)17-12(13,14)15/h2,5-6,8-9H,3-4,7H2,1H3. The van der Waals surface area contributed by atoms with Crippen molar-refractivity contribution in [3.8, 4) is 5.75 Å². The zero-order valence-electron chi connectivity index (χ0n) is 9.50. The molecule has 94 valence electrons. The minimum atomic E-state index is -4.63. The van der Waals surface area contributed by atoms with Crippen LogP contribution in [0.25, 0.3) is 0 Å². The number of alkyl halides is 3. The van der Waals surface area contributed by atoms with E-state index in [1.807, 2.05) is 6.07 Å². The summed E-state index contributed by atoms with van der Waals surface area (Å²) in [5.74, 6) is -0.158. The molecule has 0 amide bonds. The summed E-state index contributed by atoms with van der Waals surface area (Å²) in [6.07, 6.45) is -2.48. The molecule has 0 aliphatic carbocycles. The molecule has 1 aliphatic heterocycles. The predicted octanol–water partition coefficient (Wildman–Crippen LogP) is 3.57. The van der Waals surface area contributed by atoms with Crippen molar-refractivity contribution >= 4 is 5.69 Å². The summed E-state index contributed by atoms with van der Waals surface area (Å²) in [4.78, 5) is 2.10. The van der Waals surface area contributed by atoms with Crippen LogP contribution >= 0.6 is 0 Å². The molecule has 5 heteroatoms. The molecule has 0 N–H and O–H groups in total. The highest BCUT2D eigenvalue weighted by Crippen LogP contribution is 2.30. The lowest BCUT2D eigenvalue weighted by molar-refractivity contribution is -0.274. The molecule has 1 heterocycles. The van der Waals surface area contributed by atoms with E-state index in [1.165, 1.54) is 12.1 Å². The summed E-state index contributed by atoms with van der Waals surface area (Å²) < 4.78 is 40.2. The zero-order valence-corrected chi connectivity index (χ0v) is 9.50. The van der Waals surface area contributed by atoms with Gasteiger partial charge in [-0.2, -0.15) is 0 Å². The van der Waals surface area contributed by atoms with Gasteiger partial charge in [-0.15, -0.1) is 13.2 Å². The van der Waals surface area contributed by atoms with Crippen LogP contribution in [0.2, 0.25) is 0 Å². The molecule has 1 saturated heterocycles. The van der Waals surface area contributed by atoms with Crippen LogP contribution in [0.3, 0.4) is 0 Å². The number of ether oxygens (including phenoxy) is 1. The lowest BCUT2D eigenvalue weighted by atomic mass is 10.2. The van der Waals surface area contributed by atoms with Crippen LogP contribution in [0, 0.1) is 0 Å². The second-order valence-corrected chi connectivity index (χ2v) is 4.23. The smallest absolute Gasteiger partial charge is 0.406 e. The van der Waals surface area contributed by atoms with Gasteiger partial charge in [-0.3, -0.25) is 0 Å². The van der Waals surface area contributed by atoms with E-state index in [4.69, 9.17) is 0 Å². The number of benzene rings is 1. The van der Waals surface area contributed by atoms with E-state index < -0.39 is 6.36 Å². The summed E-state index contributed by atoms with van der Waals surface area (Å²) in [6.45, 7) is 2.96. The molecule has 1 atom stereocenters. The van der Waals surface area contributed by atoms with Gasteiger partial charge in [0.05, 0.1) is 0 Å². The van der Waals surface area contributed by atoms with E-state index in [0.717, 1.165) is 25.1 Å². The Morgan fingerprint density at radius 3 is 2.71 bits per heavy atom.